The molecular formula is C11H19NO3. The molecule has 1 heterocycles. The van der Waals surface area contributed by atoms with Crippen molar-refractivity contribution in [3.05, 3.63) is 0 Å². The molecular weight excluding hydrogens is 194 g/mol. The molecule has 2 atom stereocenters. The SMILES string of the molecule is CCCCC1CCN(C(C)C(=O)O)C1=O. The van der Waals surface area contributed by atoms with Gasteiger partial charge in [0.05, 0.1) is 0 Å². The van der Waals surface area contributed by atoms with Gasteiger partial charge in [0.1, 0.15) is 6.04 Å². The summed E-state index contributed by atoms with van der Waals surface area (Å²) in [5, 5.41) is 8.83. The highest BCUT2D eigenvalue weighted by atomic mass is 16.4. The number of nitrogens with zero attached hydrogens (tertiary/aromatic N) is 1. The van der Waals surface area contributed by atoms with E-state index in [4.69, 9.17) is 5.11 Å². The zero-order valence-corrected chi connectivity index (χ0v) is 9.40. The summed E-state index contributed by atoms with van der Waals surface area (Å²) in [6.45, 7) is 4.26. The van der Waals surface area contributed by atoms with Crippen molar-refractivity contribution in [2.45, 2.75) is 45.6 Å². The average Bonchev–Trinajstić information content (AvgIpc) is 2.55. The molecule has 0 aromatic rings. The summed E-state index contributed by atoms with van der Waals surface area (Å²) in [6, 6.07) is -0.677. The van der Waals surface area contributed by atoms with Crippen molar-refractivity contribution in [3.63, 3.8) is 0 Å². The molecule has 0 aromatic heterocycles. The summed E-state index contributed by atoms with van der Waals surface area (Å²) in [4.78, 5) is 24.1. The van der Waals surface area contributed by atoms with Gasteiger partial charge < -0.3 is 10.0 Å². The molecule has 1 rings (SSSR count). The van der Waals surface area contributed by atoms with Gasteiger partial charge in [-0.05, 0) is 19.8 Å². The van der Waals surface area contributed by atoms with E-state index in [1.54, 1.807) is 6.92 Å². The van der Waals surface area contributed by atoms with Crippen molar-refractivity contribution < 1.29 is 14.7 Å². The predicted molar refractivity (Wildman–Crippen MR) is 56.4 cm³/mol. The second-order valence-corrected chi connectivity index (χ2v) is 4.17. The number of carbonyl (C=O) groups is 2. The molecule has 4 nitrogen and oxygen atoms in total. The van der Waals surface area contributed by atoms with Gasteiger partial charge >= 0.3 is 5.97 Å². The van der Waals surface area contributed by atoms with Crippen LogP contribution in [0.1, 0.15) is 39.5 Å². The monoisotopic (exact) mass is 213 g/mol. The van der Waals surface area contributed by atoms with Crippen LogP contribution in [0.4, 0.5) is 0 Å². The molecule has 0 aliphatic carbocycles. The van der Waals surface area contributed by atoms with E-state index in [0.29, 0.717) is 6.54 Å². The Balaban J connectivity index is 2.52. The minimum atomic E-state index is -0.917. The van der Waals surface area contributed by atoms with E-state index in [2.05, 4.69) is 6.92 Å². The van der Waals surface area contributed by atoms with E-state index in [0.717, 1.165) is 25.7 Å². The lowest BCUT2D eigenvalue weighted by Crippen LogP contribution is -2.40. The van der Waals surface area contributed by atoms with Crippen molar-refractivity contribution in [3.8, 4) is 0 Å². The summed E-state index contributed by atoms with van der Waals surface area (Å²) in [5.74, 6) is -0.829. The number of rotatable bonds is 5. The van der Waals surface area contributed by atoms with Crippen LogP contribution in [0.25, 0.3) is 0 Å². The van der Waals surface area contributed by atoms with Crippen LogP contribution >= 0.6 is 0 Å². The Morgan fingerprint density at radius 2 is 2.33 bits per heavy atom. The van der Waals surface area contributed by atoms with Gasteiger partial charge in [-0.1, -0.05) is 19.8 Å². The van der Waals surface area contributed by atoms with Gasteiger partial charge in [0.25, 0.3) is 0 Å². The number of hydrogen-bond donors (Lipinski definition) is 1. The molecule has 1 aliphatic rings. The van der Waals surface area contributed by atoms with E-state index < -0.39 is 12.0 Å². The van der Waals surface area contributed by atoms with Gasteiger partial charge in [0.2, 0.25) is 5.91 Å². The first-order chi connectivity index (χ1) is 7.07. The number of amides is 1. The Kier molecular flexibility index (Phi) is 4.12. The highest BCUT2D eigenvalue weighted by Crippen LogP contribution is 2.24. The van der Waals surface area contributed by atoms with Crippen LogP contribution in [0.5, 0.6) is 0 Å². The quantitative estimate of drug-likeness (QED) is 0.753. The Hall–Kier alpha value is -1.06. The molecule has 0 saturated carbocycles. The second-order valence-electron chi connectivity index (χ2n) is 4.17. The van der Waals surface area contributed by atoms with Gasteiger partial charge in [-0.2, -0.15) is 0 Å². The molecule has 1 aliphatic heterocycles. The van der Waals surface area contributed by atoms with Crippen molar-refractivity contribution in [1.82, 2.24) is 4.90 Å². The predicted octanol–water partition coefficient (Wildman–Crippen LogP) is 1.50. The average molecular weight is 213 g/mol. The lowest BCUT2D eigenvalue weighted by molar-refractivity contribution is -0.148. The van der Waals surface area contributed by atoms with Crippen LogP contribution in [-0.2, 0) is 9.59 Å². The first-order valence-electron chi connectivity index (χ1n) is 5.61. The number of carbonyl (C=O) groups excluding carboxylic acids is 1. The highest BCUT2D eigenvalue weighted by molar-refractivity contribution is 5.86. The maximum atomic E-state index is 11.8. The molecule has 0 spiro atoms. The van der Waals surface area contributed by atoms with Gasteiger partial charge in [0, 0.05) is 12.5 Å². The summed E-state index contributed by atoms with van der Waals surface area (Å²) in [7, 11) is 0. The van der Waals surface area contributed by atoms with Crippen molar-refractivity contribution in [2.75, 3.05) is 6.54 Å². The fraction of sp³-hybridized carbons (Fsp3) is 0.818. The van der Waals surface area contributed by atoms with Gasteiger partial charge in [0.15, 0.2) is 0 Å². The Labute approximate surface area is 90.3 Å². The smallest absolute Gasteiger partial charge is 0.326 e. The Morgan fingerprint density at radius 3 is 2.87 bits per heavy atom. The zero-order valence-electron chi connectivity index (χ0n) is 9.40. The van der Waals surface area contributed by atoms with Crippen LogP contribution < -0.4 is 0 Å². The fourth-order valence-electron chi connectivity index (χ4n) is 2.00. The standard InChI is InChI=1S/C11H19NO3/c1-3-4-5-9-6-7-12(10(9)13)8(2)11(14)15/h8-9H,3-7H2,1-2H3,(H,14,15). The Bertz CT molecular complexity index is 252. The van der Waals surface area contributed by atoms with Gasteiger partial charge in [-0.25, -0.2) is 4.79 Å². The second kappa shape index (κ2) is 5.14. The van der Waals surface area contributed by atoms with E-state index >= 15 is 0 Å². The molecule has 1 amide bonds. The van der Waals surface area contributed by atoms with E-state index in [1.807, 2.05) is 0 Å². The number of unbranched alkanes of at least 4 members (excludes halogenated alkanes) is 1. The molecule has 1 saturated heterocycles. The number of carboxylic acids is 1. The lowest BCUT2D eigenvalue weighted by atomic mass is 10.0. The largest absolute Gasteiger partial charge is 0.480 e. The van der Waals surface area contributed by atoms with E-state index in [-0.39, 0.29) is 11.8 Å². The van der Waals surface area contributed by atoms with Crippen molar-refractivity contribution in [2.24, 2.45) is 5.92 Å². The normalized spacial score (nSPS) is 23.2. The van der Waals surface area contributed by atoms with Gasteiger partial charge in [-0.3, -0.25) is 4.79 Å². The molecule has 1 fully saturated rings. The third-order valence-electron chi connectivity index (χ3n) is 3.08. The third kappa shape index (κ3) is 2.70. The summed E-state index contributed by atoms with van der Waals surface area (Å²) in [5.41, 5.74) is 0. The number of hydrogen-bond acceptors (Lipinski definition) is 2. The Morgan fingerprint density at radius 1 is 1.67 bits per heavy atom. The minimum absolute atomic E-state index is 0.0263. The molecule has 86 valence electrons. The van der Waals surface area contributed by atoms with Gasteiger partial charge in [-0.15, -0.1) is 0 Å². The first-order valence-corrected chi connectivity index (χ1v) is 5.61. The van der Waals surface area contributed by atoms with Crippen molar-refractivity contribution >= 4 is 11.9 Å². The highest BCUT2D eigenvalue weighted by Gasteiger charge is 2.35. The summed E-state index contributed by atoms with van der Waals surface area (Å²) in [6.07, 6.45) is 3.85. The maximum absolute atomic E-state index is 11.8. The topological polar surface area (TPSA) is 57.6 Å². The molecule has 0 bridgehead atoms. The fourth-order valence-corrected chi connectivity index (χ4v) is 2.00. The van der Waals surface area contributed by atoms with Crippen LogP contribution in [0, 0.1) is 5.92 Å². The molecule has 2 unspecified atom stereocenters. The summed E-state index contributed by atoms with van der Waals surface area (Å²) < 4.78 is 0. The van der Waals surface area contributed by atoms with Crippen molar-refractivity contribution in [1.29, 1.82) is 0 Å². The number of likely N-dealkylation sites (tertiary alicyclic amines) is 1. The number of aliphatic carboxylic acids is 1. The van der Waals surface area contributed by atoms with Crippen LogP contribution in [-0.4, -0.2) is 34.5 Å². The summed E-state index contributed by atoms with van der Waals surface area (Å²) >= 11 is 0. The maximum Gasteiger partial charge on any atom is 0.326 e. The first kappa shape index (κ1) is 12.0. The van der Waals surface area contributed by atoms with E-state index in [9.17, 15) is 9.59 Å². The van der Waals surface area contributed by atoms with Crippen LogP contribution in [0.2, 0.25) is 0 Å². The minimum Gasteiger partial charge on any atom is -0.480 e. The zero-order chi connectivity index (χ0) is 11.4. The molecule has 1 N–H and O–H groups in total. The molecule has 4 heteroatoms. The molecule has 0 radical (unpaired) electrons. The lowest BCUT2D eigenvalue weighted by Gasteiger charge is -2.21. The van der Waals surface area contributed by atoms with E-state index in [1.165, 1.54) is 4.90 Å². The molecule has 0 aromatic carbocycles. The molecule has 15 heavy (non-hydrogen) atoms. The third-order valence-corrected chi connectivity index (χ3v) is 3.08. The van der Waals surface area contributed by atoms with Crippen LogP contribution in [0.15, 0.2) is 0 Å². The van der Waals surface area contributed by atoms with Crippen LogP contribution in [0.3, 0.4) is 0 Å². The number of carboxylic acid groups (broad SMARTS) is 1.